The van der Waals surface area contributed by atoms with E-state index in [9.17, 15) is 0 Å². The van der Waals surface area contributed by atoms with Crippen LogP contribution < -0.4 is 10.6 Å². The maximum absolute atomic E-state index is 4.85. The van der Waals surface area contributed by atoms with Crippen LogP contribution in [0.5, 0.6) is 0 Å². The van der Waals surface area contributed by atoms with Gasteiger partial charge < -0.3 is 15.5 Å². The molecule has 1 aromatic heterocycles. The van der Waals surface area contributed by atoms with E-state index >= 15 is 0 Å². The van der Waals surface area contributed by atoms with E-state index in [4.69, 9.17) is 4.99 Å². The summed E-state index contributed by atoms with van der Waals surface area (Å²) >= 11 is 0. The SMILES string of the molecule is CCNC(=NCC(c1cnn(C)c1)N(C)C)NC1CCC(C)CC1.I. The van der Waals surface area contributed by atoms with E-state index in [0.29, 0.717) is 6.04 Å². The number of hydrogen-bond donors (Lipinski definition) is 2. The molecule has 0 bridgehead atoms. The Morgan fingerprint density at radius 1 is 1.36 bits per heavy atom. The van der Waals surface area contributed by atoms with Crippen molar-refractivity contribution in [2.45, 2.75) is 51.6 Å². The minimum absolute atomic E-state index is 0. The van der Waals surface area contributed by atoms with Gasteiger partial charge in [-0.2, -0.15) is 5.10 Å². The van der Waals surface area contributed by atoms with Gasteiger partial charge in [0, 0.05) is 31.4 Å². The first kappa shape index (κ1) is 22.2. The molecule has 1 heterocycles. The predicted octanol–water partition coefficient (Wildman–Crippen LogP) is 2.77. The van der Waals surface area contributed by atoms with Crippen molar-refractivity contribution in [1.82, 2.24) is 25.3 Å². The molecule has 144 valence electrons. The van der Waals surface area contributed by atoms with Gasteiger partial charge in [-0.3, -0.25) is 9.67 Å². The Balaban J connectivity index is 0.00000312. The summed E-state index contributed by atoms with van der Waals surface area (Å²) in [7, 11) is 6.14. The lowest BCUT2D eigenvalue weighted by Gasteiger charge is -2.29. The Labute approximate surface area is 169 Å². The van der Waals surface area contributed by atoms with Gasteiger partial charge in [-0.05, 0) is 52.6 Å². The van der Waals surface area contributed by atoms with E-state index in [2.05, 4.69) is 54.8 Å². The van der Waals surface area contributed by atoms with Crippen LogP contribution in [0.15, 0.2) is 17.4 Å². The van der Waals surface area contributed by atoms with E-state index < -0.39 is 0 Å². The highest BCUT2D eigenvalue weighted by atomic mass is 127. The summed E-state index contributed by atoms with van der Waals surface area (Å²) in [5.74, 6) is 1.80. The summed E-state index contributed by atoms with van der Waals surface area (Å²) in [6.45, 7) is 6.07. The molecule has 0 aromatic carbocycles. The number of rotatable bonds is 6. The fourth-order valence-electron chi connectivity index (χ4n) is 3.27. The molecule has 0 amide bonds. The van der Waals surface area contributed by atoms with E-state index in [1.807, 2.05) is 17.9 Å². The lowest BCUT2D eigenvalue weighted by atomic mass is 9.87. The first-order valence-electron chi connectivity index (χ1n) is 9.19. The molecular weight excluding hydrogens is 427 g/mol. The zero-order chi connectivity index (χ0) is 17.5. The highest BCUT2D eigenvalue weighted by Crippen LogP contribution is 2.23. The van der Waals surface area contributed by atoms with Crippen molar-refractivity contribution in [1.29, 1.82) is 0 Å². The molecule has 0 spiro atoms. The second kappa shape index (κ2) is 11.0. The lowest BCUT2D eigenvalue weighted by molar-refractivity contribution is 0.305. The number of guanidine groups is 1. The van der Waals surface area contributed by atoms with Gasteiger partial charge in [0.15, 0.2) is 5.96 Å². The van der Waals surface area contributed by atoms with Gasteiger partial charge in [0.05, 0.1) is 18.8 Å². The van der Waals surface area contributed by atoms with Crippen molar-refractivity contribution in [3.8, 4) is 0 Å². The Hall–Kier alpha value is -0.830. The highest BCUT2D eigenvalue weighted by Gasteiger charge is 2.20. The Kier molecular flexibility index (Phi) is 9.78. The maximum atomic E-state index is 4.85. The van der Waals surface area contributed by atoms with Crippen molar-refractivity contribution >= 4 is 29.9 Å². The van der Waals surface area contributed by atoms with Gasteiger partial charge in [-0.25, -0.2) is 0 Å². The molecule has 0 radical (unpaired) electrons. The normalized spacial score (nSPS) is 22.4. The molecular formula is C18H35IN6. The molecule has 0 aliphatic heterocycles. The van der Waals surface area contributed by atoms with Crippen molar-refractivity contribution in [2.24, 2.45) is 18.0 Å². The molecule has 1 atom stereocenters. The fraction of sp³-hybridized carbons (Fsp3) is 0.778. The Morgan fingerprint density at radius 2 is 2.04 bits per heavy atom. The van der Waals surface area contributed by atoms with Crippen LogP contribution in [0.2, 0.25) is 0 Å². The third kappa shape index (κ3) is 7.13. The van der Waals surface area contributed by atoms with Gasteiger partial charge >= 0.3 is 0 Å². The number of nitrogens with one attached hydrogen (secondary N) is 2. The van der Waals surface area contributed by atoms with E-state index in [1.54, 1.807) is 0 Å². The number of nitrogens with zero attached hydrogens (tertiary/aromatic N) is 4. The number of aryl methyl sites for hydroxylation is 1. The first-order valence-corrected chi connectivity index (χ1v) is 9.19. The van der Waals surface area contributed by atoms with Crippen LogP contribution in [0.1, 0.15) is 51.1 Å². The van der Waals surface area contributed by atoms with Crippen molar-refractivity contribution in [2.75, 3.05) is 27.2 Å². The van der Waals surface area contributed by atoms with Crippen LogP contribution in [-0.2, 0) is 7.05 Å². The summed E-state index contributed by atoms with van der Waals surface area (Å²) in [5, 5.41) is 11.3. The fourth-order valence-corrected chi connectivity index (χ4v) is 3.27. The van der Waals surface area contributed by atoms with Crippen LogP contribution in [0.4, 0.5) is 0 Å². The molecule has 0 saturated heterocycles. The van der Waals surface area contributed by atoms with Crippen molar-refractivity contribution in [3.05, 3.63) is 18.0 Å². The Bertz CT molecular complexity index is 519. The van der Waals surface area contributed by atoms with Gasteiger partial charge in [0.2, 0.25) is 0 Å². The topological polar surface area (TPSA) is 57.5 Å². The quantitative estimate of drug-likeness (QED) is 0.388. The van der Waals surface area contributed by atoms with Crippen molar-refractivity contribution < 1.29 is 0 Å². The first-order chi connectivity index (χ1) is 11.5. The number of likely N-dealkylation sites (N-methyl/N-ethyl adjacent to an activating group) is 1. The van der Waals surface area contributed by atoms with E-state index in [-0.39, 0.29) is 30.0 Å². The summed E-state index contributed by atoms with van der Waals surface area (Å²) < 4.78 is 1.85. The van der Waals surface area contributed by atoms with Crippen LogP contribution in [0.25, 0.3) is 0 Å². The summed E-state index contributed by atoms with van der Waals surface area (Å²) in [6, 6.07) is 0.788. The average molecular weight is 462 g/mol. The second-order valence-electron chi connectivity index (χ2n) is 7.25. The van der Waals surface area contributed by atoms with Gasteiger partial charge in [0.25, 0.3) is 0 Å². The minimum Gasteiger partial charge on any atom is -0.357 e. The largest absolute Gasteiger partial charge is 0.357 e. The van der Waals surface area contributed by atoms with Crippen LogP contribution >= 0.6 is 24.0 Å². The number of hydrogen-bond acceptors (Lipinski definition) is 3. The van der Waals surface area contributed by atoms with Gasteiger partial charge in [-0.15, -0.1) is 24.0 Å². The van der Waals surface area contributed by atoms with E-state index in [1.165, 1.54) is 31.2 Å². The van der Waals surface area contributed by atoms with E-state index in [0.717, 1.165) is 25.0 Å². The predicted molar refractivity (Wildman–Crippen MR) is 116 cm³/mol. The molecule has 1 aliphatic rings. The number of aliphatic imine (C=N–C) groups is 1. The maximum Gasteiger partial charge on any atom is 0.191 e. The summed E-state index contributed by atoms with van der Waals surface area (Å²) in [4.78, 5) is 7.05. The molecule has 25 heavy (non-hydrogen) atoms. The molecule has 1 saturated carbocycles. The molecule has 2 N–H and O–H groups in total. The molecule has 6 nitrogen and oxygen atoms in total. The number of aromatic nitrogens is 2. The van der Waals surface area contributed by atoms with Gasteiger partial charge in [-0.1, -0.05) is 6.92 Å². The Morgan fingerprint density at radius 3 is 2.56 bits per heavy atom. The van der Waals surface area contributed by atoms with Crippen LogP contribution in [0.3, 0.4) is 0 Å². The molecule has 1 fully saturated rings. The second-order valence-corrected chi connectivity index (χ2v) is 7.25. The minimum atomic E-state index is 0. The van der Waals surface area contributed by atoms with Gasteiger partial charge in [0.1, 0.15) is 0 Å². The molecule has 1 unspecified atom stereocenters. The smallest absolute Gasteiger partial charge is 0.191 e. The molecule has 1 aromatic rings. The summed E-state index contributed by atoms with van der Waals surface area (Å²) in [6.07, 6.45) is 9.11. The molecule has 2 rings (SSSR count). The van der Waals surface area contributed by atoms with Crippen LogP contribution in [-0.4, -0.2) is 53.9 Å². The zero-order valence-electron chi connectivity index (χ0n) is 16.3. The highest BCUT2D eigenvalue weighted by molar-refractivity contribution is 14.0. The third-order valence-corrected chi connectivity index (χ3v) is 4.86. The monoisotopic (exact) mass is 462 g/mol. The molecule has 7 heteroatoms. The summed E-state index contributed by atoms with van der Waals surface area (Å²) in [5.41, 5.74) is 1.20. The number of halogens is 1. The standard InChI is InChI=1S/C18H34N6.HI/c1-6-19-18(22-16-9-7-14(2)8-10-16)20-12-17(23(3)4)15-11-21-24(5)13-15;/h11,13-14,16-17H,6-10,12H2,1-5H3,(H2,19,20,22);1H. The third-order valence-electron chi connectivity index (χ3n) is 4.86. The zero-order valence-corrected chi connectivity index (χ0v) is 18.7. The van der Waals surface area contributed by atoms with Crippen molar-refractivity contribution in [3.63, 3.8) is 0 Å². The van der Waals surface area contributed by atoms with Crippen LogP contribution in [0, 0.1) is 5.92 Å². The lowest BCUT2D eigenvalue weighted by Crippen LogP contribution is -2.45. The average Bonchev–Trinajstić information content (AvgIpc) is 2.95. The molecule has 1 aliphatic carbocycles.